The number of hydrogen-bond acceptors (Lipinski definition) is 5. The number of nitrogens with zero attached hydrogens (tertiary/aromatic N) is 1. The molecule has 0 bridgehead atoms. The van der Waals surface area contributed by atoms with Crippen molar-refractivity contribution in [1.82, 2.24) is 5.16 Å². The zero-order chi connectivity index (χ0) is 17.9. The summed E-state index contributed by atoms with van der Waals surface area (Å²) in [6.45, 7) is 2.52. The van der Waals surface area contributed by atoms with Crippen molar-refractivity contribution in [2.45, 2.75) is 20.3 Å². The van der Waals surface area contributed by atoms with E-state index in [1.807, 2.05) is 5.32 Å². The monoisotopic (exact) mass is 342 g/mol. The lowest BCUT2D eigenvalue weighted by Gasteiger charge is -2.08. The molecule has 1 aromatic heterocycles. The van der Waals surface area contributed by atoms with Crippen molar-refractivity contribution in [3.63, 3.8) is 0 Å². The predicted octanol–water partition coefficient (Wildman–Crippen LogP) is 2.76. The second kappa shape index (κ2) is 7.16. The van der Waals surface area contributed by atoms with Crippen molar-refractivity contribution in [2.75, 3.05) is 11.9 Å². The summed E-state index contributed by atoms with van der Waals surface area (Å²) < 4.78 is 49.0. The molecule has 0 aliphatic heterocycles. The van der Waals surface area contributed by atoms with Crippen LogP contribution in [0.15, 0.2) is 16.7 Å². The molecule has 0 saturated carbocycles. The Kier molecular flexibility index (Phi) is 5.22. The first-order chi connectivity index (χ1) is 11.3. The molecule has 0 atom stereocenters. The summed E-state index contributed by atoms with van der Waals surface area (Å²) in [5.41, 5.74) is -0.0702. The number of rotatable bonds is 5. The quantitative estimate of drug-likeness (QED) is 0.667. The van der Waals surface area contributed by atoms with E-state index in [9.17, 15) is 22.8 Å². The van der Waals surface area contributed by atoms with Gasteiger partial charge in [-0.05, 0) is 25.5 Å². The SMILES string of the molecule is CCc1noc(C)c1C(=O)OCC(=O)Nc1ccc(F)c(F)c1F. The van der Waals surface area contributed by atoms with Gasteiger partial charge in [-0.2, -0.15) is 0 Å². The van der Waals surface area contributed by atoms with Gasteiger partial charge in [0, 0.05) is 0 Å². The van der Waals surface area contributed by atoms with Crippen LogP contribution in [0, 0.1) is 24.4 Å². The van der Waals surface area contributed by atoms with E-state index in [0.717, 1.165) is 6.07 Å². The minimum atomic E-state index is -1.71. The van der Waals surface area contributed by atoms with E-state index in [1.54, 1.807) is 6.92 Å². The lowest BCUT2D eigenvalue weighted by Crippen LogP contribution is -2.22. The summed E-state index contributed by atoms with van der Waals surface area (Å²) in [7, 11) is 0. The first-order valence-electron chi connectivity index (χ1n) is 6.90. The Bertz CT molecular complexity index is 789. The van der Waals surface area contributed by atoms with E-state index in [4.69, 9.17) is 9.26 Å². The van der Waals surface area contributed by atoms with E-state index in [1.165, 1.54) is 6.92 Å². The van der Waals surface area contributed by atoms with Gasteiger partial charge in [0.15, 0.2) is 24.1 Å². The Hall–Kier alpha value is -2.84. The lowest BCUT2D eigenvalue weighted by molar-refractivity contribution is -0.119. The number of esters is 1. The summed E-state index contributed by atoms with van der Waals surface area (Å²) in [4.78, 5) is 23.6. The highest BCUT2D eigenvalue weighted by Crippen LogP contribution is 2.19. The number of benzene rings is 1. The maximum absolute atomic E-state index is 13.4. The fourth-order valence-corrected chi connectivity index (χ4v) is 1.93. The highest BCUT2D eigenvalue weighted by Gasteiger charge is 2.22. The molecule has 2 aromatic rings. The van der Waals surface area contributed by atoms with Crippen LogP contribution in [0.25, 0.3) is 0 Å². The smallest absolute Gasteiger partial charge is 0.344 e. The normalized spacial score (nSPS) is 10.5. The third kappa shape index (κ3) is 3.55. The van der Waals surface area contributed by atoms with Crippen LogP contribution >= 0.6 is 0 Å². The Morgan fingerprint density at radius 2 is 1.96 bits per heavy atom. The molecule has 0 aliphatic carbocycles. The van der Waals surface area contributed by atoms with Crippen LogP contribution in [-0.4, -0.2) is 23.6 Å². The summed E-state index contributed by atoms with van der Waals surface area (Å²) in [5, 5.41) is 5.66. The molecule has 128 valence electrons. The Morgan fingerprint density at radius 1 is 1.25 bits per heavy atom. The van der Waals surface area contributed by atoms with Gasteiger partial charge in [-0.15, -0.1) is 0 Å². The molecule has 0 unspecified atom stereocenters. The van der Waals surface area contributed by atoms with Crippen molar-refractivity contribution in [1.29, 1.82) is 0 Å². The highest BCUT2D eigenvalue weighted by molar-refractivity contribution is 5.96. The van der Waals surface area contributed by atoms with Crippen LogP contribution in [0.2, 0.25) is 0 Å². The number of carbonyl (C=O) groups excluding carboxylic acids is 2. The molecule has 1 aromatic carbocycles. The number of halogens is 3. The highest BCUT2D eigenvalue weighted by atomic mass is 19.2. The number of aromatic nitrogens is 1. The Balaban J connectivity index is 2.00. The number of amides is 1. The number of nitrogens with one attached hydrogen (secondary N) is 1. The summed E-state index contributed by atoms with van der Waals surface area (Å²) in [5.74, 6) is -6.14. The van der Waals surface area contributed by atoms with Crippen LogP contribution in [0.5, 0.6) is 0 Å². The maximum Gasteiger partial charge on any atom is 0.344 e. The van der Waals surface area contributed by atoms with Crippen LogP contribution < -0.4 is 5.32 Å². The molecular weight excluding hydrogens is 329 g/mol. The van der Waals surface area contributed by atoms with Gasteiger partial charge in [0.1, 0.15) is 11.3 Å². The van der Waals surface area contributed by atoms with Crippen LogP contribution in [0.1, 0.15) is 28.7 Å². The number of ether oxygens (including phenoxy) is 1. The Morgan fingerprint density at radius 3 is 2.62 bits per heavy atom. The molecule has 6 nitrogen and oxygen atoms in total. The molecule has 0 saturated heterocycles. The van der Waals surface area contributed by atoms with Crippen LogP contribution in [-0.2, 0) is 16.0 Å². The van der Waals surface area contributed by atoms with Gasteiger partial charge >= 0.3 is 5.97 Å². The number of carbonyl (C=O) groups is 2. The molecule has 0 radical (unpaired) electrons. The number of hydrogen-bond donors (Lipinski definition) is 1. The molecular formula is C15H13F3N2O4. The van der Waals surface area contributed by atoms with Gasteiger partial charge in [0.25, 0.3) is 5.91 Å². The molecule has 0 fully saturated rings. The maximum atomic E-state index is 13.4. The van der Waals surface area contributed by atoms with E-state index in [-0.39, 0.29) is 11.3 Å². The molecule has 0 aliphatic rings. The van der Waals surface area contributed by atoms with Crippen LogP contribution in [0.4, 0.5) is 18.9 Å². The van der Waals surface area contributed by atoms with Gasteiger partial charge in [0.05, 0.1) is 11.4 Å². The summed E-state index contributed by atoms with van der Waals surface area (Å²) >= 11 is 0. The topological polar surface area (TPSA) is 81.4 Å². The lowest BCUT2D eigenvalue weighted by atomic mass is 10.1. The second-order valence-electron chi connectivity index (χ2n) is 4.76. The molecule has 1 heterocycles. The minimum absolute atomic E-state index is 0.115. The zero-order valence-electron chi connectivity index (χ0n) is 12.8. The van der Waals surface area contributed by atoms with E-state index < -0.39 is 41.6 Å². The van der Waals surface area contributed by atoms with Gasteiger partial charge in [-0.3, -0.25) is 4.79 Å². The van der Waals surface area contributed by atoms with Crippen LogP contribution in [0.3, 0.4) is 0 Å². The second-order valence-corrected chi connectivity index (χ2v) is 4.76. The fraction of sp³-hybridized carbons (Fsp3) is 0.267. The predicted molar refractivity (Wildman–Crippen MR) is 75.8 cm³/mol. The van der Waals surface area contributed by atoms with Crippen molar-refractivity contribution in [2.24, 2.45) is 0 Å². The van der Waals surface area contributed by atoms with Crippen molar-refractivity contribution >= 4 is 17.6 Å². The van der Waals surface area contributed by atoms with E-state index in [2.05, 4.69) is 5.16 Å². The molecule has 0 spiro atoms. The van der Waals surface area contributed by atoms with Gasteiger partial charge < -0.3 is 14.6 Å². The standard InChI is InChI=1S/C15H13F3N2O4/c1-3-9-12(7(2)24-20-9)15(22)23-6-11(21)19-10-5-4-8(16)13(17)14(10)18/h4-5H,3,6H2,1-2H3,(H,19,21). The average molecular weight is 342 g/mol. The molecule has 1 N–H and O–H groups in total. The minimum Gasteiger partial charge on any atom is -0.452 e. The molecule has 24 heavy (non-hydrogen) atoms. The van der Waals surface area contributed by atoms with Gasteiger partial charge in [-0.25, -0.2) is 18.0 Å². The first-order valence-corrected chi connectivity index (χ1v) is 6.90. The van der Waals surface area contributed by atoms with Crippen molar-refractivity contribution in [3.8, 4) is 0 Å². The third-order valence-corrected chi connectivity index (χ3v) is 3.12. The summed E-state index contributed by atoms with van der Waals surface area (Å²) in [6.07, 6.45) is 0.425. The van der Waals surface area contributed by atoms with E-state index in [0.29, 0.717) is 18.2 Å². The first kappa shape index (κ1) is 17.5. The molecule has 1 amide bonds. The van der Waals surface area contributed by atoms with Gasteiger partial charge in [0.2, 0.25) is 0 Å². The number of aryl methyl sites for hydroxylation is 2. The fourth-order valence-electron chi connectivity index (χ4n) is 1.93. The zero-order valence-corrected chi connectivity index (χ0v) is 12.8. The van der Waals surface area contributed by atoms with Crippen molar-refractivity contribution in [3.05, 3.63) is 46.6 Å². The average Bonchev–Trinajstić information content (AvgIpc) is 2.94. The third-order valence-electron chi connectivity index (χ3n) is 3.12. The molecule has 9 heteroatoms. The van der Waals surface area contributed by atoms with Gasteiger partial charge in [-0.1, -0.05) is 12.1 Å². The van der Waals surface area contributed by atoms with E-state index >= 15 is 0 Å². The summed E-state index contributed by atoms with van der Waals surface area (Å²) in [6, 6.07) is 1.51. The Labute approximate surface area is 134 Å². The largest absolute Gasteiger partial charge is 0.452 e. The number of anilines is 1. The molecule has 2 rings (SSSR count). The van der Waals surface area contributed by atoms with Crippen molar-refractivity contribution < 1.29 is 32.0 Å².